The second-order valence-corrected chi connectivity index (χ2v) is 5.04. The summed E-state index contributed by atoms with van der Waals surface area (Å²) in [6.45, 7) is 5.15. The minimum absolute atomic E-state index is 0.0450. The maximum atomic E-state index is 6.30. The maximum absolute atomic E-state index is 6.30. The van der Waals surface area contributed by atoms with Crippen LogP contribution in [-0.4, -0.2) is 23.0 Å². The van der Waals surface area contributed by atoms with Crippen LogP contribution in [0.25, 0.3) is 0 Å². The Kier molecular flexibility index (Phi) is 6.16. The van der Waals surface area contributed by atoms with Gasteiger partial charge in [0.15, 0.2) is 0 Å². The molecule has 2 atom stereocenters. The molecule has 0 aliphatic heterocycles. The number of aryl methyl sites for hydroxylation is 1. The van der Waals surface area contributed by atoms with Crippen LogP contribution >= 0.6 is 15.9 Å². The van der Waals surface area contributed by atoms with E-state index in [0.717, 1.165) is 36.0 Å². The quantitative estimate of drug-likeness (QED) is 0.842. The van der Waals surface area contributed by atoms with Gasteiger partial charge in [-0.05, 0) is 28.8 Å². The number of nitrogens with two attached hydrogens (primary N) is 1. The van der Waals surface area contributed by atoms with E-state index in [4.69, 9.17) is 10.5 Å². The fourth-order valence-electron chi connectivity index (χ4n) is 2.00. The molecule has 0 aliphatic carbocycles. The highest BCUT2D eigenvalue weighted by Gasteiger charge is 2.24. The van der Waals surface area contributed by atoms with Gasteiger partial charge in [0.05, 0.1) is 28.5 Å². The van der Waals surface area contributed by atoms with Gasteiger partial charge in [0.2, 0.25) is 0 Å². The highest BCUT2D eigenvalue weighted by molar-refractivity contribution is 9.10. The number of methoxy groups -OCH3 is 1. The van der Waals surface area contributed by atoms with E-state index in [1.165, 1.54) is 0 Å². The zero-order valence-corrected chi connectivity index (χ0v) is 12.4. The van der Waals surface area contributed by atoms with E-state index in [-0.39, 0.29) is 12.1 Å². The first-order chi connectivity index (χ1) is 8.15. The lowest BCUT2D eigenvalue weighted by atomic mass is 10.0. The predicted molar refractivity (Wildman–Crippen MR) is 72.9 cm³/mol. The third-order valence-corrected chi connectivity index (χ3v) is 3.47. The largest absolute Gasteiger partial charge is 0.379 e. The van der Waals surface area contributed by atoms with Crippen molar-refractivity contribution in [2.45, 2.75) is 51.8 Å². The van der Waals surface area contributed by atoms with E-state index in [1.807, 2.05) is 10.9 Å². The lowest BCUT2D eigenvalue weighted by Gasteiger charge is -2.23. The molecule has 0 fully saturated rings. The Labute approximate surface area is 112 Å². The van der Waals surface area contributed by atoms with Gasteiger partial charge in [-0.15, -0.1) is 0 Å². The Hall–Kier alpha value is -0.390. The summed E-state index contributed by atoms with van der Waals surface area (Å²) < 4.78 is 8.42. The Morgan fingerprint density at radius 3 is 2.71 bits per heavy atom. The molecule has 0 aliphatic rings. The van der Waals surface area contributed by atoms with Crippen molar-refractivity contribution in [1.82, 2.24) is 9.78 Å². The van der Waals surface area contributed by atoms with Crippen LogP contribution < -0.4 is 5.73 Å². The molecule has 0 radical (unpaired) electrons. The molecule has 0 saturated heterocycles. The summed E-state index contributed by atoms with van der Waals surface area (Å²) in [5.74, 6) is 0. The summed E-state index contributed by atoms with van der Waals surface area (Å²) in [4.78, 5) is 0. The van der Waals surface area contributed by atoms with Crippen molar-refractivity contribution in [1.29, 1.82) is 0 Å². The van der Waals surface area contributed by atoms with E-state index in [1.54, 1.807) is 7.11 Å². The lowest BCUT2D eigenvalue weighted by molar-refractivity contribution is 0.0697. The minimum atomic E-state index is -0.136. The van der Waals surface area contributed by atoms with Crippen LogP contribution in [0.2, 0.25) is 0 Å². The van der Waals surface area contributed by atoms with Crippen molar-refractivity contribution in [3.8, 4) is 0 Å². The summed E-state index contributed by atoms with van der Waals surface area (Å²) in [5, 5.41) is 4.34. The molecule has 0 aromatic carbocycles. The molecule has 17 heavy (non-hydrogen) atoms. The molecular weight excluding hydrogens is 282 g/mol. The van der Waals surface area contributed by atoms with Crippen molar-refractivity contribution in [3.05, 3.63) is 16.4 Å². The first-order valence-corrected chi connectivity index (χ1v) is 6.94. The van der Waals surface area contributed by atoms with Crippen LogP contribution in [0.15, 0.2) is 10.7 Å². The summed E-state index contributed by atoms with van der Waals surface area (Å²) in [6, 6.07) is -0.136. The summed E-state index contributed by atoms with van der Waals surface area (Å²) >= 11 is 3.52. The van der Waals surface area contributed by atoms with Gasteiger partial charge >= 0.3 is 0 Å². The topological polar surface area (TPSA) is 53.1 Å². The number of aromatic nitrogens is 2. The molecule has 1 aromatic heterocycles. The van der Waals surface area contributed by atoms with Gasteiger partial charge < -0.3 is 10.5 Å². The smallest absolute Gasteiger partial charge is 0.0779 e. The lowest BCUT2D eigenvalue weighted by Crippen LogP contribution is -2.30. The van der Waals surface area contributed by atoms with E-state index in [0.29, 0.717) is 0 Å². The summed E-state index contributed by atoms with van der Waals surface area (Å²) in [5.41, 5.74) is 7.33. The predicted octanol–water partition coefficient (Wildman–Crippen LogP) is 2.87. The first kappa shape index (κ1) is 14.7. The van der Waals surface area contributed by atoms with Crippen molar-refractivity contribution >= 4 is 15.9 Å². The zero-order chi connectivity index (χ0) is 12.8. The fourth-order valence-corrected chi connectivity index (χ4v) is 2.56. The van der Waals surface area contributed by atoms with Gasteiger partial charge in [-0.25, -0.2) is 0 Å². The van der Waals surface area contributed by atoms with E-state index >= 15 is 0 Å². The van der Waals surface area contributed by atoms with Gasteiger partial charge in [0, 0.05) is 13.7 Å². The average molecular weight is 304 g/mol. The molecule has 1 aromatic rings. The van der Waals surface area contributed by atoms with E-state index in [9.17, 15) is 0 Å². The molecule has 98 valence electrons. The molecule has 0 saturated carbocycles. The Balaban J connectivity index is 2.92. The van der Waals surface area contributed by atoms with Crippen LogP contribution in [0.4, 0.5) is 0 Å². The second kappa shape index (κ2) is 7.13. The van der Waals surface area contributed by atoms with Gasteiger partial charge in [-0.3, -0.25) is 4.68 Å². The third kappa shape index (κ3) is 3.53. The second-order valence-electron chi connectivity index (χ2n) is 4.19. The van der Waals surface area contributed by atoms with Crippen molar-refractivity contribution in [2.24, 2.45) is 5.73 Å². The monoisotopic (exact) mass is 303 g/mol. The molecule has 5 heteroatoms. The van der Waals surface area contributed by atoms with Crippen LogP contribution in [0, 0.1) is 0 Å². The molecule has 2 unspecified atom stereocenters. The number of rotatable bonds is 7. The Bertz CT molecular complexity index is 340. The average Bonchev–Trinajstić information content (AvgIpc) is 2.67. The molecule has 0 spiro atoms. The molecule has 0 bridgehead atoms. The Morgan fingerprint density at radius 1 is 1.47 bits per heavy atom. The third-order valence-electron chi connectivity index (χ3n) is 2.86. The van der Waals surface area contributed by atoms with E-state index in [2.05, 4.69) is 34.9 Å². The molecule has 4 nitrogen and oxygen atoms in total. The Morgan fingerprint density at radius 2 is 2.18 bits per heavy atom. The normalized spacial score (nSPS) is 14.9. The van der Waals surface area contributed by atoms with Gasteiger partial charge in [-0.2, -0.15) is 5.10 Å². The van der Waals surface area contributed by atoms with Crippen LogP contribution in [0.3, 0.4) is 0 Å². The molecular formula is C12H22BrN3O. The minimum Gasteiger partial charge on any atom is -0.379 e. The maximum Gasteiger partial charge on any atom is 0.0779 e. The highest BCUT2D eigenvalue weighted by Crippen LogP contribution is 2.27. The molecule has 1 heterocycles. The number of hydrogen-bond donors (Lipinski definition) is 1. The van der Waals surface area contributed by atoms with Crippen molar-refractivity contribution < 1.29 is 4.74 Å². The number of nitrogens with zero attached hydrogens (tertiary/aromatic N) is 2. The van der Waals surface area contributed by atoms with Gasteiger partial charge in [0.1, 0.15) is 0 Å². The van der Waals surface area contributed by atoms with Gasteiger partial charge in [-0.1, -0.05) is 20.3 Å². The fraction of sp³-hybridized carbons (Fsp3) is 0.750. The standard InChI is InChI=1S/C12H22BrN3O/c1-4-6-10(17-3)11(14)12-9(13)8-15-16(12)7-5-2/h8,10-11H,4-7,14H2,1-3H3. The van der Waals surface area contributed by atoms with Crippen LogP contribution in [0.5, 0.6) is 0 Å². The number of hydrogen-bond acceptors (Lipinski definition) is 3. The zero-order valence-electron chi connectivity index (χ0n) is 10.8. The SMILES string of the molecule is CCCC(OC)C(N)c1c(Br)cnn1CCC. The van der Waals surface area contributed by atoms with Crippen LogP contribution in [-0.2, 0) is 11.3 Å². The van der Waals surface area contributed by atoms with Crippen molar-refractivity contribution in [3.63, 3.8) is 0 Å². The highest BCUT2D eigenvalue weighted by atomic mass is 79.9. The molecule has 2 N–H and O–H groups in total. The summed E-state index contributed by atoms with van der Waals surface area (Å²) in [7, 11) is 1.72. The van der Waals surface area contributed by atoms with Gasteiger partial charge in [0.25, 0.3) is 0 Å². The number of halogens is 1. The van der Waals surface area contributed by atoms with Crippen LogP contribution in [0.1, 0.15) is 44.8 Å². The first-order valence-electron chi connectivity index (χ1n) is 6.15. The van der Waals surface area contributed by atoms with E-state index < -0.39 is 0 Å². The molecule has 0 amide bonds. The van der Waals surface area contributed by atoms with Crippen molar-refractivity contribution in [2.75, 3.05) is 7.11 Å². The number of ether oxygens (including phenoxy) is 1. The molecule has 1 rings (SSSR count). The summed E-state index contributed by atoms with van der Waals surface area (Å²) in [6.07, 6.45) is 4.92.